The molecule has 1 amide bonds. The van der Waals surface area contributed by atoms with Crippen LogP contribution in [-0.4, -0.2) is 42.1 Å². The minimum Gasteiger partial charge on any atom is -0.464 e. The van der Waals surface area contributed by atoms with Gasteiger partial charge in [-0.3, -0.25) is 9.78 Å². The molecule has 3 aromatic rings. The fraction of sp³-hybridized carbons (Fsp3) is 0.333. The van der Waals surface area contributed by atoms with Crippen molar-refractivity contribution in [2.75, 3.05) is 26.3 Å². The highest BCUT2D eigenvalue weighted by Gasteiger charge is 2.24. The van der Waals surface area contributed by atoms with E-state index in [0.29, 0.717) is 31.9 Å². The van der Waals surface area contributed by atoms with Crippen molar-refractivity contribution >= 4 is 16.9 Å². The number of aryl methyl sites for hydroxylation is 1. The summed E-state index contributed by atoms with van der Waals surface area (Å²) in [6.07, 6.45) is 4.22. The van der Waals surface area contributed by atoms with E-state index in [1.807, 2.05) is 30.0 Å². The molecule has 0 aliphatic carbocycles. The Bertz CT molecular complexity index is 901. The van der Waals surface area contributed by atoms with E-state index in [1.165, 1.54) is 5.56 Å². The van der Waals surface area contributed by atoms with E-state index in [0.717, 1.165) is 23.1 Å². The standard InChI is InChI=1S/C21H22N2O3/c1-15-2-4-19(12-22-15)21(24)23-7-9-25-14-17(13-23)10-16-3-5-18-6-8-26-20(18)11-16/h2-6,8,11-12,17H,7,9-10,13-14H2,1H3. The van der Waals surface area contributed by atoms with E-state index in [9.17, 15) is 4.79 Å². The molecule has 0 spiro atoms. The van der Waals surface area contributed by atoms with Gasteiger partial charge in [0.2, 0.25) is 0 Å². The zero-order chi connectivity index (χ0) is 17.9. The molecular weight excluding hydrogens is 328 g/mol. The number of nitrogens with zero attached hydrogens (tertiary/aromatic N) is 2. The van der Waals surface area contributed by atoms with E-state index in [4.69, 9.17) is 9.15 Å². The van der Waals surface area contributed by atoms with Gasteiger partial charge in [0, 0.05) is 36.3 Å². The zero-order valence-corrected chi connectivity index (χ0v) is 14.9. The highest BCUT2D eigenvalue weighted by molar-refractivity contribution is 5.94. The van der Waals surface area contributed by atoms with Gasteiger partial charge in [-0.2, -0.15) is 0 Å². The summed E-state index contributed by atoms with van der Waals surface area (Å²) in [5.41, 5.74) is 3.64. The number of furan rings is 1. The highest BCUT2D eigenvalue weighted by Crippen LogP contribution is 2.21. The van der Waals surface area contributed by atoms with Crippen LogP contribution in [0.15, 0.2) is 53.3 Å². The van der Waals surface area contributed by atoms with Crippen molar-refractivity contribution in [2.24, 2.45) is 5.92 Å². The number of amides is 1. The lowest BCUT2D eigenvalue weighted by atomic mass is 9.98. The Balaban J connectivity index is 1.48. The average molecular weight is 350 g/mol. The van der Waals surface area contributed by atoms with Crippen LogP contribution in [0.3, 0.4) is 0 Å². The molecule has 0 saturated carbocycles. The van der Waals surface area contributed by atoms with Gasteiger partial charge in [-0.05, 0) is 43.2 Å². The maximum atomic E-state index is 12.8. The van der Waals surface area contributed by atoms with Crippen LogP contribution in [0, 0.1) is 12.8 Å². The van der Waals surface area contributed by atoms with Crippen molar-refractivity contribution in [3.8, 4) is 0 Å². The third-order valence-corrected chi connectivity index (χ3v) is 4.83. The molecular formula is C21H22N2O3. The fourth-order valence-corrected chi connectivity index (χ4v) is 3.42. The number of carbonyl (C=O) groups excluding carboxylic acids is 1. The van der Waals surface area contributed by atoms with Crippen LogP contribution in [0.2, 0.25) is 0 Å². The Morgan fingerprint density at radius 3 is 3.04 bits per heavy atom. The number of fused-ring (bicyclic) bond motifs is 1. The lowest BCUT2D eigenvalue weighted by molar-refractivity contribution is 0.0737. The zero-order valence-electron chi connectivity index (χ0n) is 14.9. The molecule has 134 valence electrons. The quantitative estimate of drug-likeness (QED) is 0.726. The second-order valence-electron chi connectivity index (χ2n) is 6.88. The smallest absolute Gasteiger partial charge is 0.255 e. The van der Waals surface area contributed by atoms with Crippen molar-refractivity contribution < 1.29 is 13.9 Å². The van der Waals surface area contributed by atoms with Crippen LogP contribution >= 0.6 is 0 Å². The third-order valence-electron chi connectivity index (χ3n) is 4.83. The summed E-state index contributed by atoms with van der Waals surface area (Å²) >= 11 is 0. The summed E-state index contributed by atoms with van der Waals surface area (Å²) in [6, 6.07) is 12.0. The second-order valence-corrected chi connectivity index (χ2v) is 6.88. The molecule has 1 aliphatic heterocycles. The van der Waals surface area contributed by atoms with E-state index >= 15 is 0 Å². The number of hydrogen-bond donors (Lipinski definition) is 0. The number of pyridine rings is 1. The molecule has 1 aromatic carbocycles. The molecule has 2 aromatic heterocycles. The van der Waals surface area contributed by atoms with Crippen LogP contribution in [0.25, 0.3) is 11.0 Å². The largest absolute Gasteiger partial charge is 0.464 e. The molecule has 1 unspecified atom stereocenters. The molecule has 1 aliphatic rings. The van der Waals surface area contributed by atoms with Crippen LogP contribution in [0.5, 0.6) is 0 Å². The van der Waals surface area contributed by atoms with Gasteiger partial charge in [-0.1, -0.05) is 12.1 Å². The molecule has 3 heterocycles. The van der Waals surface area contributed by atoms with Crippen molar-refractivity contribution in [1.29, 1.82) is 0 Å². The first-order chi connectivity index (χ1) is 12.7. The first kappa shape index (κ1) is 16.8. The normalized spacial score (nSPS) is 18.0. The molecule has 1 atom stereocenters. The number of aromatic nitrogens is 1. The van der Waals surface area contributed by atoms with E-state index in [1.54, 1.807) is 12.5 Å². The van der Waals surface area contributed by atoms with Gasteiger partial charge in [0.15, 0.2) is 0 Å². The molecule has 5 heteroatoms. The van der Waals surface area contributed by atoms with Gasteiger partial charge >= 0.3 is 0 Å². The van der Waals surface area contributed by atoms with Crippen LogP contribution in [0.1, 0.15) is 21.6 Å². The molecule has 1 saturated heterocycles. The van der Waals surface area contributed by atoms with Crippen molar-refractivity contribution in [1.82, 2.24) is 9.88 Å². The van der Waals surface area contributed by atoms with Gasteiger partial charge in [-0.15, -0.1) is 0 Å². The van der Waals surface area contributed by atoms with E-state index < -0.39 is 0 Å². The summed E-state index contributed by atoms with van der Waals surface area (Å²) in [5.74, 6) is 0.279. The van der Waals surface area contributed by atoms with Gasteiger partial charge in [0.25, 0.3) is 5.91 Å². The van der Waals surface area contributed by atoms with Crippen molar-refractivity contribution in [3.63, 3.8) is 0 Å². The van der Waals surface area contributed by atoms with E-state index in [2.05, 4.69) is 23.2 Å². The number of carbonyl (C=O) groups is 1. The average Bonchev–Trinajstić information content (AvgIpc) is 2.99. The maximum absolute atomic E-state index is 12.8. The summed E-state index contributed by atoms with van der Waals surface area (Å²) < 4.78 is 11.3. The van der Waals surface area contributed by atoms with E-state index in [-0.39, 0.29) is 11.8 Å². The van der Waals surface area contributed by atoms with Gasteiger partial charge in [0.1, 0.15) is 5.58 Å². The summed E-state index contributed by atoms with van der Waals surface area (Å²) in [6.45, 7) is 4.44. The predicted molar refractivity (Wildman–Crippen MR) is 99.1 cm³/mol. The fourth-order valence-electron chi connectivity index (χ4n) is 3.42. The molecule has 5 nitrogen and oxygen atoms in total. The number of benzene rings is 1. The monoisotopic (exact) mass is 350 g/mol. The lowest BCUT2D eigenvalue weighted by Crippen LogP contribution is -2.36. The van der Waals surface area contributed by atoms with Crippen LogP contribution in [-0.2, 0) is 11.2 Å². The SMILES string of the molecule is Cc1ccc(C(=O)N2CCOCC(Cc3ccc4ccoc4c3)C2)cn1. The molecule has 4 rings (SSSR count). The molecule has 26 heavy (non-hydrogen) atoms. The second kappa shape index (κ2) is 7.30. The molecule has 0 N–H and O–H groups in total. The first-order valence-electron chi connectivity index (χ1n) is 8.95. The number of ether oxygens (including phenoxy) is 1. The third kappa shape index (κ3) is 3.63. The van der Waals surface area contributed by atoms with Gasteiger partial charge in [0.05, 0.1) is 25.0 Å². The van der Waals surface area contributed by atoms with Gasteiger partial charge in [-0.25, -0.2) is 0 Å². The van der Waals surface area contributed by atoms with Crippen LogP contribution in [0.4, 0.5) is 0 Å². The lowest BCUT2D eigenvalue weighted by Gasteiger charge is -2.23. The summed E-state index contributed by atoms with van der Waals surface area (Å²) in [4.78, 5) is 18.9. The Morgan fingerprint density at radius 2 is 2.19 bits per heavy atom. The highest BCUT2D eigenvalue weighted by atomic mass is 16.5. The minimum atomic E-state index is 0.0227. The minimum absolute atomic E-state index is 0.0227. The Kier molecular flexibility index (Phi) is 4.71. The topological polar surface area (TPSA) is 55.6 Å². The van der Waals surface area contributed by atoms with Crippen LogP contribution < -0.4 is 0 Å². The number of hydrogen-bond acceptors (Lipinski definition) is 4. The summed E-state index contributed by atoms with van der Waals surface area (Å²) in [5, 5.41) is 1.11. The van der Waals surface area contributed by atoms with Gasteiger partial charge < -0.3 is 14.1 Å². The molecule has 0 bridgehead atoms. The van der Waals surface area contributed by atoms with Crippen molar-refractivity contribution in [3.05, 3.63) is 65.7 Å². The number of rotatable bonds is 3. The Hall–Kier alpha value is -2.66. The maximum Gasteiger partial charge on any atom is 0.255 e. The summed E-state index contributed by atoms with van der Waals surface area (Å²) in [7, 11) is 0. The first-order valence-corrected chi connectivity index (χ1v) is 8.95. The Labute approximate surface area is 152 Å². The Morgan fingerprint density at radius 1 is 1.27 bits per heavy atom. The molecule has 1 fully saturated rings. The van der Waals surface area contributed by atoms with Crippen molar-refractivity contribution in [2.45, 2.75) is 13.3 Å². The molecule has 0 radical (unpaired) electrons. The predicted octanol–water partition coefficient (Wildman–Crippen LogP) is 3.47.